The Morgan fingerprint density at radius 2 is 1.64 bits per heavy atom. The Kier molecular flexibility index (Phi) is 6.24. The van der Waals surface area contributed by atoms with Gasteiger partial charge in [-0.3, -0.25) is 19.4 Å². The van der Waals surface area contributed by atoms with Crippen LogP contribution < -0.4 is 21.5 Å². The molecule has 0 aliphatic carbocycles. The van der Waals surface area contributed by atoms with E-state index in [4.69, 9.17) is 0 Å². The first-order chi connectivity index (χ1) is 17.4. The number of phenolic OH excluding ortho intramolecular Hbond substituents is 1. The monoisotopic (exact) mass is 486 g/mol. The number of carbonyl (C=O) groups excluding carboxylic acids is 1. The van der Waals surface area contributed by atoms with Crippen LogP contribution in [0.1, 0.15) is 17.3 Å². The van der Waals surface area contributed by atoms with Gasteiger partial charge in [0.25, 0.3) is 16.8 Å². The zero-order valence-corrected chi connectivity index (χ0v) is 19.8. The average Bonchev–Trinajstić information content (AvgIpc) is 2.92. The molecule has 2 aliphatic rings. The molecule has 0 spiro atoms. The third kappa shape index (κ3) is 4.45. The molecule has 10 heteroatoms. The zero-order chi connectivity index (χ0) is 25.2. The maximum absolute atomic E-state index is 13.2. The molecule has 1 amide bonds. The molecular weight excluding hydrogens is 460 g/mol. The van der Waals surface area contributed by atoms with Gasteiger partial charge in [-0.25, -0.2) is 4.99 Å². The van der Waals surface area contributed by atoms with Crippen LogP contribution in [0.3, 0.4) is 0 Å². The van der Waals surface area contributed by atoms with Gasteiger partial charge in [-0.05, 0) is 24.3 Å². The number of hydrogen-bond donors (Lipinski definition) is 3. The largest absolute Gasteiger partial charge is 0.505 e. The Balaban J connectivity index is 1.29. The summed E-state index contributed by atoms with van der Waals surface area (Å²) in [5.74, 6) is 0.432. The summed E-state index contributed by atoms with van der Waals surface area (Å²) >= 11 is 0. The van der Waals surface area contributed by atoms with Crippen LogP contribution in [0.25, 0.3) is 0 Å². The Morgan fingerprint density at radius 1 is 0.944 bits per heavy atom. The van der Waals surface area contributed by atoms with Crippen molar-refractivity contribution in [3.63, 3.8) is 0 Å². The van der Waals surface area contributed by atoms with Crippen LogP contribution in [0.5, 0.6) is 5.75 Å². The number of piperazine rings is 1. The van der Waals surface area contributed by atoms with E-state index < -0.39 is 10.9 Å². The number of phenols is 1. The van der Waals surface area contributed by atoms with E-state index in [0.717, 1.165) is 0 Å². The molecule has 0 aromatic heterocycles. The lowest BCUT2D eigenvalue weighted by atomic mass is 10.1. The summed E-state index contributed by atoms with van der Waals surface area (Å²) < 4.78 is 0. The number of aliphatic imine (C=N–C) groups is 2. The van der Waals surface area contributed by atoms with E-state index in [1.807, 2.05) is 12.3 Å². The highest BCUT2D eigenvalue weighted by Gasteiger charge is 2.28. The van der Waals surface area contributed by atoms with Gasteiger partial charge < -0.3 is 25.5 Å². The minimum absolute atomic E-state index is 0.0421. The van der Waals surface area contributed by atoms with Crippen molar-refractivity contribution in [3.8, 4) is 5.75 Å². The van der Waals surface area contributed by atoms with Crippen molar-refractivity contribution in [3.05, 3.63) is 74.5 Å². The predicted octanol–water partition coefficient (Wildman–Crippen LogP) is 2.31. The van der Waals surface area contributed by atoms with Crippen LogP contribution in [-0.4, -0.2) is 65.7 Å². The first kappa shape index (κ1) is 23.3. The number of aromatic hydroxyl groups is 1. The van der Waals surface area contributed by atoms with Gasteiger partial charge in [0.2, 0.25) is 5.96 Å². The summed E-state index contributed by atoms with van der Waals surface area (Å²) in [5.41, 5.74) is -0.245. The van der Waals surface area contributed by atoms with E-state index in [1.54, 1.807) is 41.3 Å². The fourth-order valence-corrected chi connectivity index (χ4v) is 4.22. The zero-order valence-electron chi connectivity index (χ0n) is 19.8. The van der Waals surface area contributed by atoms with Crippen molar-refractivity contribution < 1.29 is 9.90 Å². The maximum atomic E-state index is 13.2. The molecule has 2 aliphatic heterocycles. The quantitative estimate of drug-likeness (QED) is 0.373. The smallest absolute Gasteiger partial charge is 0.257 e. The molecule has 3 aromatic rings. The van der Waals surface area contributed by atoms with E-state index in [0.29, 0.717) is 50.3 Å². The van der Waals surface area contributed by atoms with Crippen LogP contribution in [0.15, 0.2) is 68.1 Å². The van der Waals surface area contributed by atoms with E-state index in [9.17, 15) is 19.5 Å². The number of para-hydroxylation sites is 2. The van der Waals surface area contributed by atoms with Crippen molar-refractivity contribution in [2.24, 2.45) is 15.9 Å². The number of benzene rings is 2. The molecule has 3 aromatic carbocycles. The SMILES string of the molecule is CC1C=NC(N2CCN(C(=O)c3cccc(Nc4c(Nc5ccccc5)c(=O)c4=O)c3O)CC2)=NC1. The van der Waals surface area contributed by atoms with E-state index in [2.05, 4.69) is 32.4 Å². The van der Waals surface area contributed by atoms with Gasteiger partial charge in [0.05, 0.1) is 17.8 Å². The van der Waals surface area contributed by atoms with E-state index in [1.165, 1.54) is 6.07 Å². The van der Waals surface area contributed by atoms with Crippen LogP contribution >= 0.6 is 0 Å². The highest BCUT2D eigenvalue weighted by atomic mass is 16.3. The second-order valence-corrected chi connectivity index (χ2v) is 8.90. The van der Waals surface area contributed by atoms with Crippen molar-refractivity contribution in [1.29, 1.82) is 0 Å². The highest BCUT2D eigenvalue weighted by Crippen LogP contribution is 2.33. The number of hydrogen-bond acceptors (Lipinski definition) is 9. The van der Waals surface area contributed by atoms with Gasteiger partial charge in [0.15, 0.2) is 5.75 Å². The third-order valence-electron chi connectivity index (χ3n) is 6.29. The van der Waals surface area contributed by atoms with Gasteiger partial charge in [-0.2, -0.15) is 0 Å². The van der Waals surface area contributed by atoms with Crippen LogP contribution in [0.4, 0.5) is 22.7 Å². The molecule has 0 radical (unpaired) electrons. The molecule has 0 saturated carbocycles. The van der Waals surface area contributed by atoms with Crippen molar-refractivity contribution >= 4 is 40.8 Å². The van der Waals surface area contributed by atoms with Crippen LogP contribution in [0.2, 0.25) is 0 Å². The molecule has 3 N–H and O–H groups in total. The maximum Gasteiger partial charge on any atom is 0.257 e. The second-order valence-electron chi connectivity index (χ2n) is 8.90. The van der Waals surface area contributed by atoms with Gasteiger partial charge in [-0.15, -0.1) is 0 Å². The molecule has 2 heterocycles. The van der Waals surface area contributed by atoms with E-state index in [-0.39, 0.29) is 34.3 Å². The van der Waals surface area contributed by atoms with Crippen LogP contribution in [0, 0.1) is 5.92 Å². The lowest BCUT2D eigenvalue weighted by Crippen LogP contribution is -2.50. The normalized spacial score (nSPS) is 17.7. The third-order valence-corrected chi connectivity index (χ3v) is 6.29. The lowest BCUT2D eigenvalue weighted by molar-refractivity contribution is 0.0688. The van der Waals surface area contributed by atoms with Gasteiger partial charge >= 0.3 is 0 Å². The van der Waals surface area contributed by atoms with Gasteiger partial charge in [0, 0.05) is 44.0 Å². The summed E-state index contributed by atoms with van der Waals surface area (Å²) in [6.45, 7) is 4.87. The molecule has 184 valence electrons. The number of guanidine groups is 1. The van der Waals surface area contributed by atoms with Crippen LogP contribution in [-0.2, 0) is 0 Å². The molecule has 36 heavy (non-hydrogen) atoms. The number of nitrogens with one attached hydrogen (secondary N) is 2. The number of nitrogens with zero attached hydrogens (tertiary/aromatic N) is 4. The fourth-order valence-electron chi connectivity index (χ4n) is 4.22. The van der Waals surface area contributed by atoms with Crippen molar-refractivity contribution in [2.45, 2.75) is 6.92 Å². The lowest BCUT2D eigenvalue weighted by Gasteiger charge is -2.36. The van der Waals surface area contributed by atoms with E-state index >= 15 is 0 Å². The number of amides is 1. The minimum Gasteiger partial charge on any atom is -0.505 e. The van der Waals surface area contributed by atoms with Gasteiger partial charge in [0.1, 0.15) is 11.4 Å². The first-order valence-corrected chi connectivity index (χ1v) is 11.8. The van der Waals surface area contributed by atoms with Crippen molar-refractivity contribution in [2.75, 3.05) is 43.4 Å². The molecule has 1 atom stereocenters. The Bertz CT molecular complexity index is 1420. The Labute approximate surface area is 207 Å². The molecule has 0 bridgehead atoms. The number of rotatable bonds is 5. The Morgan fingerprint density at radius 3 is 2.31 bits per heavy atom. The highest BCUT2D eigenvalue weighted by molar-refractivity contribution is 5.99. The topological polar surface area (TPSA) is 127 Å². The first-order valence-electron chi connectivity index (χ1n) is 11.8. The molecule has 1 saturated heterocycles. The summed E-state index contributed by atoms with van der Waals surface area (Å²) in [7, 11) is 0. The molecular formula is C26H26N6O4. The molecule has 5 rings (SSSR count). The summed E-state index contributed by atoms with van der Waals surface area (Å²) in [6, 6.07) is 13.7. The number of anilines is 4. The van der Waals surface area contributed by atoms with Gasteiger partial charge in [-0.1, -0.05) is 31.2 Å². The molecule has 1 unspecified atom stereocenters. The summed E-state index contributed by atoms with van der Waals surface area (Å²) in [5, 5.41) is 16.6. The Hall–Kier alpha value is -4.47. The summed E-state index contributed by atoms with van der Waals surface area (Å²) in [6.07, 6.45) is 1.90. The standard InChI is InChI=1S/C26H26N6O4/c1-16-14-27-26(28-15-16)32-12-10-31(11-13-32)25(36)18-8-5-9-19(22(18)33)30-21-20(23(34)24(21)35)29-17-6-3-2-4-7-17/h2-9,14,16,29-30,33H,10-13,15H2,1H3. The van der Waals surface area contributed by atoms with Crippen molar-refractivity contribution in [1.82, 2.24) is 9.80 Å². The fraction of sp³-hybridized carbons (Fsp3) is 0.269. The summed E-state index contributed by atoms with van der Waals surface area (Å²) in [4.78, 5) is 50.2. The molecule has 10 nitrogen and oxygen atoms in total. The average molecular weight is 487 g/mol. The predicted molar refractivity (Wildman–Crippen MR) is 140 cm³/mol. The second kappa shape index (κ2) is 9.65. The number of carbonyl (C=O) groups is 1. The minimum atomic E-state index is -0.691. The molecule has 1 fully saturated rings.